The van der Waals surface area contributed by atoms with E-state index < -0.39 is 5.67 Å². The van der Waals surface area contributed by atoms with Crippen molar-refractivity contribution in [1.29, 1.82) is 0 Å². The summed E-state index contributed by atoms with van der Waals surface area (Å²) < 4.78 is 21.4. The summed E-state index contributed by atoms with van der Waals surface area (Å²) in [7, 11) is 0. The zero-order chi connectivity index (χ0) is 26.0. The summed E-state index contributed by atoms with van der Waals surface area (Å²) >= 11 is 6.38. The first kappa shape index (κ1) is 25.9. The molecule has 0 bridgehead atoms. The minimum absolute atomic E-state index is 0.0833. The van der Waals surface area contributed by atoms with Gasteiger partial charge in [-0.25, -0.2) is 9.37 Å². The molecule has 2 aromatic heterocycles. The number of pyridine rings is 1. The lowest BCUT2D eigenvalue weighted by molar-refractivity contribution is -0.120. The molecule has 0 saturated carbocycles. The summed E-state index contributed by atoms with van der Waals surface area (Å²) in [6, 6.07) is 7.10. The summed E-state index contributed by atoms with van der Waals surface area (Å²) in [4.78, 5) is 35.6. The number of piperidine rings is 1. The molecule has 1 saturated heterocycles. The fraction of sp³-hybridized carbons (Fsp3) is 0.462. The molecule has 0 radical (unpaired) electrons. The number of anilines is 3. The van der Waals surface area contributed by atoms with Crippen LogP contribution in [0.1, 0.15) is 53.0 Å². The van der Waals surface area contributed by atoms with Crippen LogP contribution in [0.4, 0.5) is 21.8 Å². The van der Waals surface area contributed by atoms with Crippen LogP contribution < -0.4 is 20.5 Å². The number of nitrogens with one attached hydrogen (secondary N) is 1. The van der Waals surface area contributed by atoms with Crippen molar-refractivity contribution in [2.24, 2.45) is 0 Å². The van der Waals surface area contributed by atoms with Crippen LogP contribution in [0.3, 0.4) is 0 Å². The molecule has 8 nitrogen and oxygen atoms in total. The monoisotopic (exact) mass is 515 g/mol. The summed E-state index contributed by atoms with van der Waals surface area (Å²) in [5.74, 6) is 0.961. The number of rotatable bonds is 8. The lowest BCUT2D eigenvalue weighted by Gasteiger charge is -2.34. The topological polar surface area (TPSA) is 89.3 Å². The molecule has 10 heteroatoms. The number of halogens is 2. The van der Waals surface area contributed by atoms with Crippen molar-refractivity contribution in [2.75, 3.05) is 29.9 Å². The van der Waals surface area contributed by atoms with Gasteiger partial charge in [-0.05, 0) is 57.9 Å². The van der Waals surface area contributed by atoms with Crippen LogP contribution in [0.5, 0.6) is 5.75 Å². The van der Waals surface area contributed by atoms with Gasteiger partial charge in [-0.1, -0.05) is 18.5 Å². The van der Waals surface area contributed by atoms with Gasteiger partial charge >= 0.3 is 0 Å². The molecule has 4 rings (SSSR count). The second-order valence-electron chi connectivity index (χ2n) is 9.62. The Morgan fingerprint density at radius 1 is 1.28 bits per heavy atom. The molecule has 36 heavy (non-hydrogen) atoms. The number of alkyl halides is 1. The lowest BCUT2D eigenvalue weighted by Crippen LogP contribution is -2.40. The first-order valence-electron chi connectivity index (χ1n) is 12.1. The Labute approximate surface area is 214 Å². The first-order chi connectivity index (χ1) is 17.1. The summed E-state index contributed by atoms with van der Waals surface area (Å²) in [5, 5.41) is 4.34. The highest BCUT2D eigenvalue weighted by Crippen LogP contribution is 2.31. The van der Waals surface area contributed by atoms with Crippen molar-refractivity contribution < 1.29 is 13.9 Å². The maximum Gasteiger partial charge on any atom is 0.293 e. The molecule has 1 N–H and O–H groups in total. The molecule has 0 atom stereocenters. The van der Waals surface area contributed by atoms with Crippen molar-refractivity contribution in [3.05, 3.63) is 45.8 Å². The summed E-state index contributed by atoms with van der Waals surface area (Å²) in [6.45, 7) is 8.12. The number of carbonyl (C=O) groups is 1. The van der Waals surface area contributed by atoms with Crippen LogP contribution in [0.2, 0.25) is 5.02 Å². The van der Waals surface area contributed by atoms with Crippen molar-refractivity contribution in [1.82, 2.24) is 14.5 Å². The molecule has 1 aromatic carbocycles. The Morgan fingerprint density at radius 2 is 2.00 bits per heavy atom. The van der Waals surface area contributed by atoms with Crippen molar-refractivity contribution in [3.63, 3.8) is 0 Å². The van der Waals surface area contributed by atoms with Crippen LogP contribution in [-0.2, 0) is 4.79 Å². The third-order valence-electron chi connectivity index (χ3n) is 6.39. The molecule has 1 fully saturated rings. The number of benzene rings is 1. The predicted molar refractivity (Wildman–Crippen MR) is 141 cm³/mol. The molecule has 0 amide bonds. The highest BCUT2D eigenvalue weighted by Gasteiger charge is 2.30. The number of Topliss-reactive ketones (excluding diaryl/α,β-unsaturated/α-hetero) is 1. The average molecular weight is 516 g/mol. The summed E-state index contributed by atoms with van der Waals surface area (Å²) in [5.41, 5.74) is -0.00460. The number of fused-ring (bicyclic) bond motifs is 1. The fourth-order valence-electron chi connectivity index (χ4n) is 4.18. The van der Waals surface area contributed by atoms with Gasteiger partial charge in [0, 0.05) is 36.6 Å². The molecule has 1 aliphatic rings. The molecule has 3 aromatic rings. The van der Waals surface area contributed by atoms with Crippen molar-refractivity contribution in [3.8, 4) is 5.75 Å². The Hall–Kier alpha value is -3.20. The molecule has 1 aliphatic heterocycles. The minimum Gasteiger partial charge on any atom is -0.480 e. The molecule has 192 valence electrons. The van der Waals surface area contributed by atoms with E-state index in [2.05, 4.69) is 15.3 Å². The van der Waals surface area contributed by atoms with E-state index in [0.29, 0.717) is 54.8 Å². The SMILES string of the molecule is CCC(=O)COc1cc2cc(Nc3nc(N4CCC(C)(F)CC4)ncc3Cl)ccc2n(C(C)C)c1=O. The average Bonchev–Trinajstić information content (AvgIpc) is 2.83. The highest BCUT2D eigenvalue weighted by atomic mass is 35.5. The van der Waals surface area contributed by atoms with Crippen LogP contribution in [0.25, 0.3) is 10.9 Å². The maximum atomic E-state index is 14.2. The van der Waals surface area contributed by atoms with E-state index in [1.54, 1.807) is 24.5 Å². The van der Waals surface area contributed by atoms with E-state index in [4.69, 9.17) is 16.3 Å². The number of hydrogen-bond donors (Lipinski definition) is 1. The number of aromatic nitrogens is 3. The van der Waals surface area contributed by atoms with Gasteiger partial charge in [0.1, 0.15) is 17.3 Å². The predicted octanol–water partition coefficient (Wildman–Crippen LogP) is 5.46. The number of ether oxygens (including phenoxy) is 1. The van der Waals surface area contributed by atoms with Crippen LogP contribution >= 0.6 is 11.6 Å². The number of ketones is 1. The Bertz CT molecular complexity index is 1330. The third kappa shape index (κ3) is 5.61. The smallest absolute Gasteiger partial charge is 0.293 e. The normalized spacial score (nSPS) is 15.4. The Kier molecular flexibility index (Phi) is 7.49. The van der Waals surface area contributed by atoms with Gasteiger partial charge in [0.15, 0.2) is 17.4 Å². The van der Waals surface area contributed by atoms with E-state index in [1.807, 2.05) is 36.9 Å². The van der Waals surface area contributed by atoms with Crippen molar-refractivity contribution in [2.45, 2.75) is 58.7 Å². The number of carbonyl (C=O) groups excluding carboxylic acids is 1. The van der Waals surface area contributed by atoms with Crippen LogP contribution in [0.15, 0.2) is 35.3 Å². The zero-order valence-corrected chi connectivity index (χ0v) is 21.7. The van der Waals surface area contributed by atoms with Gasteiger partial charge in [-0.15, -0.1) is 0 Å². The second kappa shape index (κ2) is 10.4. The van der Waals surface area contributed by atoms with Gasteiger partial charge in [0.2, 0.25) is 5.95 Å². The van der Waals surface area contributed by atoms with Crippen molar-refractivity contribution >= 4 is 45.7 Å². The Balaban J connectivity index is 1.65. The zero-order valence-electron chi connectivity index (χ0n) is 21.0. The molecule has 0 aliphatic carbocycles. The van der Waals surface area contributed by atoms with E-state index in [9.17, 15) is 14.0 Å². The van der Waals surface area contributed by atoms with Gasteiger partial charge in [0.05, 0.1) is 11.7 Å². The molecular weight excluding hydrogens is 485 g/mol. The fourth-order valence-corrected chi connectivity index (χ4v) is 4.32. The summed E-state index contributed by atoms with van der Waals surface area (Å²) in [6.07, 6.45) is 2.70. The van der Waals surface area contributed by atoms with E-state index in [-0.39, 0.29) is 29.7 Å². The second-order valence-corrected chi connectivity index (χ2v) is 10.0. The van der Waals surface area contributed by atoms with E-state index in [1.165, 1.54) is 6.20 Å². The quantitative estimate of drug-likeness (QED) is 0.426. The maximum absolute atomic E-state index is 14.2. The third-order valence-corrected chi connectivity index (χ3v) is 6.66. The van der Waals surface area contributed by atoms with Crippen LogP contribution in [-0.4, -0.2) is 45.7 Å². The molecular formula is C26H31ClFN5O3. The standard InChI is InChI=1S/C26H31ClFN5O3/c1-5-19(34)15-36-22-13-17-12-18(6-7-21(17)33(16(2)3)24(22)35)30-23-20(27)14-29-25(31-23)32-10-8-26(4,28)9-11-32/h6-7,12-14,16H,5,8-11,15H2,1-4H3,(H,29,30,31). The van der Waals surface area contributed by atoms with Crippen LogP contribution in [0, 0.1) is 0 Å². The molecule has 0 unspecified atom stereocenters. The first-order valence-corrected chi connectivity index (χ1v) is 12.5. The highest BCUT2D eigenvalue weighted by molar-refractivity contribution is 6.32. The van der Waals surface area contributed by atoms with E-state index >= 15 is 0 Å². The Morgan fingerprint density at radius 3 is 2.67 bits per heavy atom. The van der Waals surface area contributed by atoms with Gasteiger partial charge in [-0.2, -0.15) is 4.98 Å². The molecule has 3 heterocycles. The lowest BCUT2D eigenvalue weighted by atomic mass is 9.96. The minimum atomic E-state index is -1.17. The van der Waals surface area contributed by atoms with Gasteiger partial charge in [0.25, 0.3) is 5.56 Å². The van der Waals surface area contributed by atoms with E-state index in [0.717, 1.165) is 10.9 Å². The number of nitrogens with zero attached hydrogens (tertiary/aromatic N) is 4. The van der Waals surface area contributed by atoms with Gasteiger partial charge < -0.3 is 19.5 Å². The van der Waals surface area contributed by atoms with Gasteiger partial charge in [-0.3, -0.25) is 9.59 Å². The molecule has 0 spiro atoms. The largest absolute Gasteiger partial charge is 0.480 e. The number of hydrogen-bond acceptors (Lipinski definition) is 7.